The molecular formula is C17H18FN5O2. The van der Waals surface area contributed by atoms with E-state index in [1.807, 2.05) is 4.90 Å². The predicted octanol–water partition coefficient (Wildman–Crippen LogP) is 1.29. The number of hydrogen-bond acceptors (Lipinski definition) is 5. The Morgan fingerprint density at radius 2 is 1.96 bits per heavy atom. The summed E-state index contributed by atoms with van der Waals surface area (Å²) in [6.07, 6.45) is 6.46. The van der Waals surface area contributed by atoms with Gasteiger partial charge >= 0.3 is 0 Å². The Kier molecular flexibility index (Phi) is 5.17. The van der Waals surface area contributed by atoms with Gasteiger partial charge in [-0.2, -0.15) is 0 Å². The van der Waals surface area contributed by atoms with Crippen LogP contribution in [0.1, 0.15) is 23.2 Å². The second-order valence-electron chi connectivity index (χ2n) is 5.80. The normalized spacial score (nSPS) is 17.0. The Hall–Kier alpha value is -3.03. The largest absolute Gasteiger partial charge is 0.355 e. The van der Waals surface area contributed by atoms with Gasteiger partial charge in [0, 0.05) is 31.0 Å². The molecule has 0 saturated carbocycles. The number of hydrogen-bond donors (Lipinski definition) is 2. The van der Waals surface area contributed by atoms with Crippen LogP contribution in [0.15, 0.2) is 42.9 Å². The maximum atomic E-state index is 12.9. The van der Waals surface area contributed by atoms with Gasteiger partial charge in [0.2, 0.25) is 5.91 Å². The zero-order valence-corrected chi connectivity index (χ0v) is 13.5. The summed E-state index contributed by atoms with van der Waals surface area (Å²) >= 11 is 0. The molecule has 7 nitrogen and oxygen atoms in total. The highest BCUT2D eigenvalue weighted by Gasteiger charge is 2.26. The van der Waals surface area contributed by atoms with Crippen LogP contribution in [-0.2, 0) is 4.79 Å². The molecule has 1 aromatic heterocycles. The lowest BCUT2D eigenvalue weighted by Gasteiger charge is -2.32. The van der Waals surface area contributed by atoms with E-state index < -0.39 is 11.7 Å². The average Bonchev–Trinajstić information content (AvgIpc) is 2.67. The van der Waals surface area contributed by atoms with Crippen LogP contribution in [-0.4, -0.2) is 34.9 Å². The minimum atomic E-state index is -0.491. The molecule has 2 heterocycles. The van der Waals surface area contributed by atoms with Crippen LogP contribution >= 0.6 is 0 Å². The molecule has 0 spiro atoms. The lowest BCUT2D eigenvalue weighted by Crippen LogP contribution is -2.49. The maximum absolute atomic E-state index is 12.9. The molecule has 2 N–H and O–H groups in total. The first-order chi connectivity index (χ1) is 12.1. The Bertz CT molecular complexity index is 738. The fourth-order valence-electron chi connectivity index (χ4n) is 2.75. The molecule has 1 unspecified atom stereocenters. The number of nitrogens with zero attached hydrogens (tertiary/aromatic N) is 3. The van der Waals surface area contributed by atoms with Crippen molar-refractivity contribution in [3.8, 4) is 0 Å². The van der Waals surface area contributed by atoms with E-state index in [-0.39, 0.29) is 17.4 Å². The number of piperidine rings is 1. The van der Waals surface area contributed by atoms with Crippen LogP contribution < -0.4 is 15.8 Å². The molecule has 1 aliphatic rings. The van der Waals surface area contributed by atoms with Crippen molar-refractivity contribution in [1.29, 1.82) is 0 Å². The molecular weight excluding hydrogens is 325 g/mol. The number of hydrazine groups is 1. The first-order valence-corrected chi connectivity index (χ1v) is 8.00. The van der Waals surface area contributed by atoms with Gasteiger partial charge in [-0.25, -0.2) is 9.37 Å². The van der Waals surface area contributed by atoms with Crippen molar-refractivity contribution in [1.82, 2.24) is 20.8 Å². The highest BCUT2D eigenvalue weighted by Crippen LogP contribution is 2.20. The molecule has 1 fully saturated rings. The number of carbonyl (C=O) groups is 2. The number of benzene rings is 1. The molecule has 1 aliphatic heterocycles. The zero-order chi connectivity index (χ0) is 17.6. The summed E-state index contributed by atoms with van der Waals surface area (Å²) in [4.78, 5) is 34.6. The molecule has 3 rings (SSSR count). The monoisotopic (exact) mass is 343 g/mol. The lowest BCUT2D eigenvalue weighted by molar-refractivity contribution is -0.126. The first-order valence-electron chi connectivity index (χ1n) is 8.00. The average molecular weight is 343 g/mol. The van der Waals surface area contributed by atoms with Crippen molar-refractivity contribution in [2.75, 3.05) is 18.0 Å². The second kappa shape index (κ2) is 7.69. The van der Waals surface area contributed by atoms with Crippen LogP contribution in [0.5, 0.6) is 0 Å². The SMILES string of the molecule is O=C(NNC(=O)C1CCCN(c2cnccn2)C1)c1ccc(F)cc1. The molecule has 2 aromatic rings. The molecule has 130 valence electrons. The maximum Gasteiger partial charge on any atom is 0.269 e. The molecule has 1 aromatic carbocycles. The van der Waals surface area contributed by atoms with Crippen LogP contribution in [0.25, 0.3) is 0 Å². The summed E-state index contributed by atoms with van der Waals surface area (Å²) < 4.78 is 12.9. The van der Waals surface area contributed by atoms with Crippen molar-refractivity contribution < 1.29 is 14.0 Å². The zero-order valence-electron chi connectivity index (χ0n) is 13.5. The number of nitrogens with one attached hydrogen (secondary N) is 2. The van der Waals surface area contributed by atoms with E-state index in [9.17, 15) is 14.0 Å². The van der Waals surface area contributed by atoms with E-state index in [2.05, 4.69) is 20.8 Å². The molecule has 0 radical (unpaired) electrons. The number of aromatic nitrogens is 2. The lowest BCUT2D eigenvalue weighted by atomic mass is 9.97. The topological polar surface area (TPSA) is 87.2 Å². The van der Waals surface area contributed by atoms with Gasteiger partial charge < -0.3 is 4.90 Å². The summed E-state index contributed by atoms with van der Waals surface area (Å²) in [5.74, 6) is -0.703. The highest BCUT2D eigenvalue weighted by atomic mass is 19.1. The minimum Gasteiger partial charge on any atom is -0.355 e. The summed E-state index contributed by atoms with van der Waals surface area (Å²) in [6.45, 7) is 1.32. The van der Waals surface area contributed by atoms with Gasteiger partial charge in [-0.15, -0.1) is 0 Å². The van der Waals surface area contributed by atoms with Gasteiger partial charge in [-0.3, -0.25) is 25.4 Å². The predicted molar refractivity (Wildman–Crippen MR) is 89.0 cm³/mol. The van der Waals surface area contributed by atoms with Crippen LogP contribution in [0.3, 0.4) is 0 Å². The van der Waals surface area contributed by atoms with Crippen molar-refractivity contribution in [2.24, 2.45) is 5.92 Å². The summed E-state index contributed by atoms with van der Waals surface area (Å²) in [5.41, 5.74) is 5.07. The van der Waals surface area contributed by atoms with Gasteiger partial charge in [-0.1, -0.05) is 0 Å². The van der Waals surface area contributed by atoms with Crippen LogP contribution in [0.2, 0.25) is 0 Å². The molecule has 2 amide bonds. The van der Waals surface area contributed by atoms with E-state index in [0.717, 1.165) is 25.2 Å². The molecule has 8 heteroatoms. The molecule has 0 bridgehead atoms. The third-order valence-corrected chi connectivity index (χ3v) is 4.07. The third-order valence-electron chi connectivity index (χ3n) is 4.07. The Morgan fingerprint density at radius 1 is 1.16 bits per heavy atom. The number of carbonyl (C=O) groups excluding carboxylic acids is 2. The third kappa shape index (κ3) is 4.28. The quantitative estimate of drug-likeness (QED) is 0.820. The van der Waals surface area contributed by atoms with Gasteiger partial charge in [-0.05, 0) is 37.1 Å². The fourth-order valence-corrected chi connectivity index (χ4v) is 2.75. The van der Waals surface area contributed by atoms with Gasteiger partial charge in [0.1, 0.15) is 11.6 Å². The first kappa shape index (κ1) is 16.8. The number of rotatable bonds is 3. The van der Waals surface area contributed by atoms with Crippen LogP contribution in [0.4, 0.5) is 10.2 Å². The Balaban J connectivity index is 1.54. The van der Waals surface area contributed by atoms with E-state index >= 15 is 0 Å². The van der Waals surface area contributed by atoms with Gasteiger partial charge in [0.25, 0.3) is 5.91 Å². The smallest absolute Gasteiger partial charge is 0.269 e. The summed E-state index contributed by atoms with van der Waals surface area (Å²) in [7, 11) is 0. The van der Waals surface area contributed by atoms with Gasteiger partial charge in [0.15, 0.2) is 0 Å². The fraction of sp³-hybridized carbons (Fsp3) is 0.294. The molecule has 1 saturated heterocycles. The van der Waals surface area contributed by atoms with Crippen LogP contribution in [0, 0.1) is 11.7 Å². The second-order valence-corrected chi connectivity index (χ2v) is 5.80. The van der Waals surface area contributed by atoms with Crippen molar-refractivity contribution in [3.63, 3.8) is 0 Å². The van der Waals surface area contributed by atoms with Crippen molar-refractivity contribution in [2.45, 2.75) is 12.8 Å². The van der Waals surface area contributed by atoms with Crippen molar-refractivity contribution in [3.05, 3.63) is 54.2 Å². The molecule has 0 aliphatic carbocycles. The minimum absolute atomic E-state index is 0.260. The van der Waals surface area contributed by atoms with E-state index in [1.165, 1.54) is 24.3 Å². The molecule has 1 atom stereocenters. The van der Waals surface area contributed by atoms with E-state index in [4.69, 9.17) is 0 Å². The number of amides is 2. The van der Waals surface area contributed by atoms with Crippen molar-refractivity contribution >= 4 is 17.6 Å². The van der Waals surface area contributed by atoms with E-state index in [1.54, 1.807) is 18.6 Å². The Morgan fingerprint density at radius 3 is 2.68 bits per heavy atom. The number of anilines is 1. The standard InChI is InChI=1S/C17H18FN5O2/c18-14-5-3-12(4-6-14)16(24)21-22-17(25)13-2-1-9-23(11-13)15-10-19-7-8-20-15/h3-8,10,13H,1-2,9,11H2,(H,21,24)(H,22,25). The van der Waals surface area contributed by atoms with E-state index in [0.29, 0.717) is 6.54 Å². The molecule has 25 heavy (non-hydrogen) atoms. The highest BCUT2D eigenvalue weighted by molar-refractivity contribution is 5.95. The summed E-state index contributed by atoms with van der Waals surface area (Å²) in [5, 5.41) is 0. The summed E-state index contributed by atoms with van der Waals surface area (Å²) in [6, 6.07) is 5.09. The number of halogens is 1. The van der Waals surface area contributed by atoms with Gasteiger partial charge in [0.05, 0.1) is 12.1 Å². The Labute approximate surface area is 144 Å².